The van der Waals surface area contributed by atoms with E-state index in [9.17, 15) is 4.79 Å². The minimum atomic E-state index is 0.0186. The van der Waals surface area contributed by atoms with Crippen molar-refractivity contribution in [3.63, 3.8) is 0 Å². The van der Waals surface area contributed by atoms with Gasteiger partial charge in [0.25, 0.3) is 0 Å². The minimum absolute atomic E-state index is 0.0186. The smallest absolute Gasteiger partial charge is 0.229 e. The summed E-state index contributed by atoms with van der Waals surface area (Å²) < 4.78 is 5.36. The van der Waals surface area contributed by atoms with Gasteiger partial charge in [-0.05, 0) is 30.0 Å². The minimum Gasteiger partial charge on any atom is -0.379 e. The first-order valence-corrected chi connectivity index (χ1v) is 9.75. The molecule has 1 aromatic heterocycles. The Morgan fingerprint density at radius 1 is 1.40 bits per heavy atom. The quantitative estimate of drug-likeness (QED) is 0.867. The van der Waals surface area contributed by atoms with E-state index in [0.717, 1.165) is 55.5 Å². The van der Waals surface area contributed by atoms with Crippen LogP contribution in [0.3, 0.4) is 0 Å². The van der Waals surface area contributed by atoms with Crippen molar-refractivity contribution in [2.24, 2.45) is 5.92 Å². The molecule has 2 atom stereocenters. The molecule has 1 aromatic carbocycles. The summed E-state index contributed by atoms with van der Waals surface area (Å²) >= 11 is 7.52. The average Bonchev–Trinajstić information content (AvgIpc) is 3.31. The van der Waals surface area contributed by atoms with E-state index in [2.05, 4.69) is 15.2 Å². The largest absolute Gasteiger partial charge is 0.379 e. The zero-order valence-electron chi connectivity index (χ0n) is 13.8. The Labute approximate surface area is 156 Å². The Kier molecular flexibility index (Phi) is 5.03. The number of nitrogens with zero attached hydrogens (tertiary/aromatic N) is 2. The lowest BCUT2D eigenvalue weighted by Crippen LogP contribution is -2.35. The van der Waals surface area contributed by atoms with Gasteiger partial charge in [-0.3, -0.25) is 9.69 Å². The van der Waals surface area contributed by atoms with E-state index in [0.29, 0.717) is 5.13 Å². The molecular weight excluding hydrogens is 358 g/mol. The van der Waals surface area contributed by atoms with Gasteiger partial charge in [0.1, 0.15) is 0 Å². The number of carbonyl (C=O) groups excluding carboxylic acids is 1. The number of thiazole rings is 1. The van der Waals surface area contributed by atoms with Crippen molar-refractivity contribution in [1.29, 1.82) is 0 Å². The topological polar surface area (TPSA) is 54.5 Å². The normalized spacial score (nSPS) is 23.4. The summed E-state index contributed by atoms with van der Waals surface area (Å²) in [5.74, 6) is 0.341. The van der Waals surface area contributed by atoms with Crippen LogP contribution >= 0.6 is 22.9 Å². The monoisotopic (exact) mass is 377 g/mol. The van der Waals surface area contributed by atoms with Crippen LogP contribution in [-0.4, -0.2) is 42.1 Å². The second-order valence-electron chi connectivity index (χ2n) is 6.53. The third-order valence-electron chi connectivity index (χ3n) is 4.68. The number of anilines is 1. The molecule has 1 N–H and O–H groups in total. The predicted molar refractivity (Wildman–Crippen MR) is 99.1 cm³/mol. The summed E-state index contributed by atoms with van der Waals surface area (Å²) in [6, 6.07) is 7.77. The molecule has 132 valence electrons. The SMILES string of the molecule is O=C(Nc1nc(CN2CCOCC2)cs1)[C@@H]1C[C@H]1c1cccc(Cl)c1. The predicted octanol–water partition coefficient (Wildman–Crippen LogP) is 3.37. The van der Waals surface area contributed by atoms with Crippen LogP contribution in [0.1, 0.15) is 23.6 Å². The number of ether oxygens (including phenoxy) is 1. The number of benzene rings is 1. The molecule has 0 bridgehead atoms. The molecule has 1 aliphatic carbocycles. The number of halogens is 1. The summed E-state index contributed by atoms with van der Waals surface area (Å²) in [7, 11) is 0. The highest BCUT2D eigenvalue weighted by molar-refractivity contribution is 7.13. The molecule has 1 amide bonds. The zero-order chi connectivity index (χ0) is 17.2. The van der Waals surface area contributed by atoms with Crippen molar-refractivity contribution in [1.82, 2.24) is 9.88 Å². The standard InChI is InChI=1S/C18H20ClN3O2S/c19-13-3-1-2-12(8-13)15-9-16(15)17(23)21-18-20-14(11-25-18)10-22-4-6-24-7-5-22/h1-3,8,11,15-16H,4-7,9-10H2,(H,20,21,23)/t15-,16+/m0/s1. The first-order chi connectivity index (χ1) is 12.2. The Hall–Kier alpha value is -1.47. The number of rotatable bonds is 5. The molecule has 0 unspecified atom stereocenters. The molecule has 2 fully saturated rings. The number of morpholine rings is 1. The molecule has 5 nitrogen and oxygen atoms in total. The molecule has 2 aliphatic rings. The third-order valence-corrected chi connectivity index (χ3v) is 5.72. The maximum atomic E-state index is 12.4. The molecule has 1 aliphatic heterocycles. The van der Waals surface area contributed by atoms with Gasteiger partial charge in [0.2, 0.25) is 5.91 Å². The van der Waals surface area contributed by atoms with Gasteiger partial charge in [-0.15, -0.1) is 11.3 Å². The third kappa shape index (κ3) is 4.20. The molecule has 1 saturated heterocycles. The number of nitrogens with one attached hydrogen (secondary N) is 1. The lowest BCUT2D eigenvalue weighted by molar-refractivity contribution is -0.117. The van der Waals surface area contributed by atoms with Crippen LogP contribution in [0.5, 0.6) is 0 Å². The highest BCUT2D eigenvalue weighted by atomic mass is 35.5. The zero-order valence-corrected chi connectivity index (χ0v) is 15.4. The maximum absolute atomic E-state index is 12.4. The number of amides is 1. The highest BCUT2D eigenvalue weighted by Gasteiger charge is 2.44. The van der Waals surface area contributed by atoms with Crippen LogP contribution in [0.25, 0.3) is 0 Å². The van der Waals surface area contributed by atoms with Crippen molar-refractivity contribution in [2.45, 2.75) is 18.9 Å². The number of aromatic nitrogens is 1. The molecule has 0 spiro atoms. The van der Waals surface area contributed by atoms with Crippen LogP contribution in [0.4, 0.5) is 5.13 Å². The Morgan fingerprint density at radius 3 is 3.04 bits per heavy atom. The number of hydrogen-bond donors (Lipinski definition) is 1. The fraction of sp³-hybridized carbons (Fsp3) is 0.444. The first-order valence-electron chi connectivity index (χ1n) is 8.50. The van der Waals surface area contributed by atoms with Crippen molar-refractivity contribution < 1.29 is 9.53 Å². The van der Waals surface area contributed by atoms with Gasteiger partial charge in [0, 0.05) is 36.0 Å². The second kappa shape index (κ2) is 7.41. The molecule has 2 aromatic rings. The van der Waals surface area contributed by atoms with E-state index in [1.165, 1.54) is 11.3 Å². The Bertz CT molecular complexity index is 760. The van der Waals surface area contributed by atoms with Crippen LogP contribution in [0.15, 0.2) is 29.6 Å². The van der Waals surface area contributed by atoms with E-state index in [4.69, 9.17) is 16.3 Å². The summed E-state index contributed by atoms with van der Waals surface area (Å²) in [6.45, 7) is 4.23. The molecular formula is C18H20ClN3O2S. The second-order valence-corrected chi connectivity index (χ2v) is 7.82. The van der Waals surface area contributed by atoms with Crippen molar-refractivity contribution in [2.75, 3.05) is 31.6 Å². The molecule has 2 heterocycles. The van der Waals surface area contributed by atoms with Gasteiger partial charge in [0.15, 0.2) is 5.13 Å². The van der Waals surface area contributed by atoms with Crippen LogP contribution in [0.2, 0.25) is 5.02 Å². The highest BCUT2D eigenvalue weighted by Crippen LogP contribution is 2.48. The average molecular weight is 378 g/mol. The van der Waals surface area contributed by atoms with Gasteiger partial charge in [-0.1, -0.05) is 23.7 Å². The Balaban J connectivity index is 1.31. The molecule has 25 heavy (non-hydrogen) atoms. The van der Waals surface area contributed by atoms with Crippen molar-refractivity contribution in [3.05, 3.63) is 45.9 Å². The number of carbonyl (C=O) groups is 1. The van der Waals surface area contributed by atoms with Crippen molar-refractivity contribution in [3.8, 4) is 0 Å². The van der Waals surface area contributed by atoms with Crippen LogP contribution in [0, 0.1) is 5.92 Å². The molecule has 0 radical (unpaired) electrons. The van der Waals surface area contributed by atoms with Crippen LogP contribution < -0.4 is 5.32 Å². The fourth-order valence-corrected chi connectivity index (χ4v) is 4.12. The van der Waals surface area contributed by atoms with E-state index < -0.39 is 0 Å². The molecule has 7 heteroatoms. The van der Waals surface area contributed by atoms with E-state index in [1.54, 1.807) is 0 Å². The lowest BCUT2D eigenvalue weighted by Gasteiger charge is -2.25. The van der Waals surface area contributed by atoms with E-state index in [1.807, 2.05) is 29.6 Å². The summed E-state index contributed by atoms with van der Waals surface area (Å²) in [5, 5.41) is 6.39. The Morgan fingerprint density at radius 2 is 2.24 bits per heavy atom. The van der Waals surface area contributed by atoms with Gasteiger partial charge < -0.3 is 10.1 Å². The molecule has 4 rings (SSSR count). The first kappa shape index (κ1) is 17.0. The fourth-order valence-electron chi connectivity index (χ4n) is 3.21. The van der Waals surface area contributed by atoms with Gasteiger partial charge in [-0.25, -0.2) is 4.98 Å². The van der Waals surface area contributed by atoms with Gasteiger partial charge in [0.05, 0.1) is 18.9 Å². The van der Waals surface area contributed by atoms with E-state index in [-0.39, 0.29) is 17.7 Å². The maximum Gasteiger partial charge on any atom is 0.229 e. The lowest BCUT2D eigenvalue weighted by atomic mass is 10.1. The van der Waals surface area contributed by atoms with E-state index >= 15 is 0 Å². The van der Waals surface area contributed by atoms with Crippen LogP contribution in [-0.2, 0) is 16.1 Å². The van der Waals surface area contributed by atoms with Gasteiger partial charge in [-0.2, -0.15) is 0 Å². The molecule has 1 saturated carbocycles. The van der Waals surface area contributed by atoms with Crippen molar-refractivity contribution >= 4 is 34.0 Å². The number of hydrogen-bond acceptors (Lipinski definition) is 5. The summed E-state index contributed by atoms with van der Waals surface area (Å²) in [4.78, 5) is 19.3. The van der Waals surface area contributed by atoms with Gasteiger partial charge >= 0.3 is 0 Å². The summed E-state index contributed by atoms with van der Waals surface area (Å²) in [6.07, 6.45) is 0.873. The summed E-state index contributed by atoms with van der Waals surface area (Å²) in [5.41, 5.74) is 2.14.